The first-order valence-electron chi connectivity index (χ1n) is 10.7. The van der Waals surface area contributed by atoms with Crippen molar-refractivity contribution in [3.8, 4) is 0 Å². The van der Waals surface area contributed by atoms with E-state index in [1.54, 1.807) is 4.90 Å². The lowest BCUT2D eigenvalue weighted by atomic mass is 10.1. The van der Waals surface area contributed by atoms with Crippen LogP contribution in [0, 0.1) is 0 Å². The predicted octanol–water partition coefficient (Wildman–Crippen LogP) is 1.19. The summed E-state index contributed by atoms with van der Waals surface area (Å²) >= 11 is 0. The van der Waals surface area contributed by atoms with Gasteiger partial charge in [-0.25, -0.2) is 4.79 Å². The standard InChI is InChI=1S/C20H40N6O2/c1-20(2,3)28-19(27)26-16-14-25(15-17-26)13-9-23-18(21-4)22-8-12-24-10-6-5-7-11-24/h5-17H2,1-4H3,(H2,21,22,23). The summed E-state index contributed by atoms with van der Waals surface area (Å²) in [4.78, 5) is 23.1. The monoisotopic (exact) mass is 396 g/mol. The Bertz CT molecular complexity index is 491. The van der Waals surface area contributed by atoms with Crippen LogP contribution >= 0.6 is 0 Å². The maximum absolute atomic E-state index is 12.1. The van der Waals surface area contributed by atoms with Gasteiger partial charge in [-0.3, -0.25) is 9.89 Å². The Morgan fingerprint density at radius 3 is 1.93 bits per heavy atom. The Balaban J connectivity index is 1.56. The number of hydrogen-bond donors (Lipinski definition) is 2. The number of nitrogens with zero attached hydrogens (tertiary/aromatic N) is 4. The van der Waals surface area contributed by atoms with Gasteiger partial charge in [-0.2, -0.15) is 0 Å². The van der Waals surface area contributed by atoms with Crippen molar-refractivity contribution >= 4 is 12.1 Å². The van der Waals surface area contributed by atoms with Crippen LogP contribution in [0.15, 0.2) is 4.99 Å². The molecule has 2 heterocycles. The van der Waals surface area contributed by atoms with Crippen LogP contribution < -0.4 is 10.6 Å². The van der Waals surface area contributed by atoms with Gasteiger partial charge >= 0.3 is 6.09 Å². The van der Waals surface area contributed by atoms with Crippen LogP contribution in [0.3, 0.4) is 0 Å². The molecule has 0 aromatic carbocycles. The van der Waals surface area contributed by atoms with E-state index in [2.05, 4.69) is 25.4 Å². The number of ether oxygens (including phenoxy) is 1. The van der Waals surface area contributed by atoms with E-state index in [-0.39, 0.29) is 6.09 Å². The van der Waals surface area contributed by atoms with Crippen LogP contribution in [0.25, 0.3) is 0 Å². The summed E-state index contributed by atoms with van der Waals surface area (Å²) in [5, 5.41) is 6.80. The molecule has 1 amide bonds. The van der Waals surface area contributed by atoms with Gasteiger partial charge in [0, 0.05) is 59.4 Å². The van der Waals surface area contributed by atoms with Crippen molar-refractivity contribution in [2.75, 3.05) is 72.5 Å². The van der Waals surface area contributed by atoms with Gasteiger partial charge in [0.25, 0.3) is 0 Å². The number of guanidine groups is 1. The Morgan fingerprint density at radius 1 is 0.893 bits per heavy atom. The van der Waals surface area contributed by atoms with Crippen LogP contribution in [-0.2, 0) is 4.74 Å². The van der Waals surface area contributed by atoms with Gasteiger partial charge < -0.3 is 25.2 Å². The van der Waals surface area contributed by atoms with Gasteiger partial charge in [0.15, 0.2) is 5.96 Å². The zero-order valence-electron chi connectivity index (χ0n) is 18.3. The maximum Gasteiger partial charge on any atom is 0.410 e. The summed E-state index contributed by atoms with van der Waals surface area (Å²) in [6.45, 7) is 15.1. The predicted molar refractivity (Wildman–Crippen MR) is 114 cm³/mol. The van der Waals surface area contributed by atoms with E-state index in [1.165, 1.54) is 32.4 Å². The average molecular weight is 397 g/mol. The summed E-state index contributed by atoms with van der Waals surface area (Å²) in [5.41, 5.74) is -0.435. The largest absolute Gasteiger partial charge is 0.444 e. The Hall–Kier alpha value is -1.54. The zero-order chi connectivity index (χ0) is 20.4. The fourth-order valence-electron chi connectivity index (χ4n) is 3.55. The van der Waals surface area contributed by atoms with Crippen molar-refractivity contribution < 1.29 is 9.53 Å². The molecule has 2 aliphatic rings. The molecule has 0 aromatic heterocycles. The average Bonchev–Trinajstić information content (AvgIpc) is 2.67. The highest BCUT2D eigenvalue weighted by Crippen LogP contribution is 2.11. The highest BCUT2D eigenvalue weighted by atomic mass is 16.6. The SMILES string of the molecule is CN=C(NCCN1CCCCC1)NCCN1CCN(C(=O)OC(C)(C)C)CC1. The molecule has 0 bridgehead atoms. The number of piperidine rings is 1. The quantitative estimate of drug-likeness (QED) is 0.519. The van der Waals surface area contributed by atoms with Crippen molar-refractivity contribution in [2.24, 2.45) is 4.99 Å². The Kier molecular flexibility index (Phi) is 9.31. The molecular weight excluding hydrogens is 356 g/mol. The van der Waals surface area contributed by atoms with E-state index in [0.29, 0.717) is 0 Å². The number of piperazine rings is 1. The molecular formula is C20H40N6O2. The second-order valence-corrected chi connectivity index (χ2v) is 8.64. The molecule has 2 saturated heterocycles. The summed E-state index contributed by atoms with van der Waals surface area (Å²) in [6.07, 6.45) is 3.82. The topological polar surface area (TPSA) is 72.4 Å². The minimum absolute atomic E-state index is 0.205. The number of amides is 1. The number of hydrogen-bond acceptors (Lipinski definition) is 5. The molecule has 2 rings (SSSR count). The summed E-state index contributed by atoms with van der Waals surface area (Å²) in [6, 6.07) is 0. The molecule has 0 spiro atoms. The molecule has 8 heteroatoms. The van der Waals surface area contributed by atoms with Crippen molar-refractivity contribution in [3.05, 3.63) is 0 Å². The highest BCUT2D eigenvalue weighted by molar-refractivity contribution is 5.79. The molecule has 8 nitrogen and oxygen atoms in total. The fourth-order valence-corrected chi connectivity index (χ4v) is 3.55. The van der Waals surface area contributed by atoms with E-state index >= 15 is 0 Å². The van der Waals surface area contributed by atoms with Crippen LogP contribution in [-0.4, -0.2) is 105 Å². The van der Waals surface area contributed by atoms with Gasteiger partial charge in [0.2, 0.25) is 0 Å². The minimum atomic E-state index is -0.435. The lowest BCUT2D eigenvalue weighted by Crippen LogP contribution is -2.52. The first kappa shape index (κ1) is 22.7. The molecule has 2 fully saturated rings. The third kappa shape index (κ3) is 8.65. The molecule has 162 valence electrons. The zero-order valence-corrected chi connectivity index (χ0v) is 18.3. The normalized spacial score (nSPS) is 20.1. The Morgan fingerprint density at radius 2 is 1.43 bits per heavy atom. The summed E-state index contributed by atoms with van der Waals surface area (Å²) in [7, 11) is 1.82. The summed E-state index contributed by atoms with van der Waals surface area (Å²) < 4.78 is 5.45. The lowest BCUT2D eigenvalue weighted by molar-refractivity contribution is 0.0147. The summed E-state index contributed by atoms with van der Waals surface area (Å²) in [5.74, 6) is 0.865. The fraction of sp³-hybridized carbons (Fsp3) is 0.900. The van der Waals surface area contributed by atoms with Gasteiger partial charge in [0.1, 0.15) is 5.60 Å². The third-order valence-electron chi connectivity index (χ3n) is 5.14. The maximum atomic E-state index is 12.1. The van der Waals surface area contributed by atoms with Crippen LogP contribution in [0.2, 0.25) is 0 Å². The van der Waals surface area contributed by atoms with E-state index < -0.39 is 5.60 Å². The molecule has 0 aromatic rings. The molecule has 0 radical (unpaired) electrons. The smallest absolute Gasteiger partial charge is 0.410 e. The van der Waals surface area contributed by atoms with Crippen LogP contribution in [0.5, 0.6) is 0 Å². The van der Waals surface area contributed by atoms with Crippen LogP contribution in [0.4, 0.5) is 4.79 Å². The number of carbonyl (C=O) groups is 1. The first-order chi connectivity index (χ1) is 13.4. The molecule has 0 saturated carbocycles. The van der Waals surface area contributed by atoms with Crippen LogP contribution in [0.1, 0.15) is 40.0 Å². The number of likely N-dealkylation sites (tertiary alicyclic amines) is 1. The van der Waals surface area contributed by atoms with Crippen molar-refractivity contribution in [1.29, 1.82) is 0 Å². The second-order valence-electron chi connectivity index (χ2n) is 8.64. The van der Waals surface area contributed by atoms with E-state index in [1.807, 2.05) is 27.8 Å². The van der Waals surface area contributed by atoms with Gasteiger partial charge in [0.05, 0.1) is 0 Å². The van der Waals surface area contributed by atoms with Gasteiger partial charge in [-0.1, -0.05) is 6.42 Å². The molecule has 0 unspecified atom stereocenters. The highest BCUT2D eigenvalue weighted by Gasteiger charge is 2.25. The first-order valence-corrected chi connectivity index (χ1v) is 10.7. The van der Waals surface area contributed by atoms with Gasteiger partial charge in [-0.05, 0) is 46.7 Å². The molecule has 2 aliphatic heterocycles. The van der Waals surface area contributed by atoms with Crippen molar-refractivity contribution in [3.63, 3.8) is 0 Å². The molecule has 2 N–H and O–H groups in total. The number of rotatable bonds is 6. The van der Waals surface area contributed by atoms with E-state index in [9.17, 15) is 4.79 Å². The second kappa shape index (κ2) is 11.5. The molecule has 0 atom stereocenters. The number of carbonyl (C=O) groups excluding carboxylic acids is 1. The third-order valence-corrected chi connectivity index (χ3v) is 5.14. The van der Waals surface area contributed by atoms with E-state index in [0.717, 1.165) is 58.3 Å². The van der Waals surface area contributed by atoms with Crippen molar-refractivity contribution in [1.82, 2.24) is 25.3 Å². The van der Waals surface area contributed by atoms with E-state index in [4.69, 9.17) is 4.74 Å². The number of aliphatic imine (C=N–C) groups is 1. The number of nitrogens with one attached hydrogen (secondary N) is 2. The molecule has 28 heavy (non-hydrogen) atoms. The molecule has 0 aliphatic carbocycles. The Labute approximate surface area is 170 Å². The van der Waals surface area contributed by atoms with Crippen molar-refractivity contribution in [2.45, 2.75) is 45.6 Å². The van der Waals surface area contributed by atoms with Gasteiger partial charge in [-0.15, -0.1) is 0 Å². The lowest BCUT2D eigenvalue weighted by Gasteiger charge is -2.35. The minimum Gasteiger partial charge on any atom is -0.444 e.